The molecule has 1 atom stereocenters. The zero-order chi connectivity index (χ0) is 13.5. The van der Waals surface area contributed by atoms with E-state index in [-0.39, 0.29) is 0 Å². The van der Waals surface area contributed by atoms with Crippen molar-refractivity contribution in [2.24, 2.45) is 0 Å². The van der Waals surface area contributed by atoms with Gasteiger partial charge in [0.2, 0.25) is 0 Å². The second kappa shape index (κ2) is 4.72. The van der Waals surface area contributed by atoms with Gasteiger partial charge in [-0.2, -0.15) is 0 Å². The topological polar surface area (TPSA) is 3.24 Å². The molecule has 0 N–H and O–H groups in total. The fraction of sp³-hybridized carbons (Fsp3) is 0.222. The van der Waals surface area contributed by atoms with Crippen LogP contribution in [0.2, 0.25) is 0 Å². The lowest BCUT2D eigenvalue weighted by Crippen LogP contribution is -2.30. The zero-order valence-electron chi connectivity index (χ0n) is 11.5. The van der Waals surface area contributed by atoms with Crippen molar-refractivity contribution in [2.75, 3.05) is 13.6 Å². The summed E-state index contributed by atoms with van der Waals surface area (Å²) in [5.41, 5.74) is 4.41. The minimum Gasteiger partial charge on any atom is -0.301 e. The van der Waals surface area contributed by atoms with Gasteiger partial charge < -0.3 is 4.90 Å². The van der Waals surface area contributed by atoms with Gasteiger partial charge in [-0.25, -0.2) is 0 Å². The summed E-state index contributed by atoms with van der Waals surface area (Å²) in [6.45, 7) is 2.17. The van der Waals surface area contributed by atoms with Crippen LogP contribution < -0.4 is 0 Å². The first-order valence-corrected chi connectivity index (χ1v) is 7.93. The molecule has 1 nitrogen and oxygen atoms in total. The van der Waals surface area contributed by atoms with E-state index in [1.54, 1.807) is 0 Å². The Hall–Kier alpha value is -1.64. The summed E-state index contributed by atoms with van der Waals surface area (Å²) in [7, 11) is 2.21. The highest BCUT2D eigenvalue weighted by Gasteiger charge is 2.24. The van der Waals surface area contributed by atoms with E-state index >= 15 is 0 Å². The molecular weight excluding hydrogens is 262 g/mol. The Bertz CT molecular complexity index is 759. The monoisotopic (exact) mass is 279 g/mol. The number of hydrogen-bond donors (Lipinski definition) is 0. The standard InChI is InChI=1S/C18H17NS/c1-19-11-15-4-2-3-5-16(15)17(12-19)14-7-6-13-8-9-20-18(13)10-14/h2-10,17H,11-12H2,1H3. The molecule has 3 aromatic rings. The average molecular weight is 279 g/mol. The van der Waals surface area contributed by atoms with Gasteiger partial charge in [0.25, 0.3) is 0 Å². The third-order valence-electron chi connectivity index (χ3n) is 4.25. The quantitative estimate of drug-likeness (QED) is 0.635. The van der Waals surface area contributed by atoms with Gasteiger partial charge in [0, 0.05) is 23.7 Å². The number of benzene rings is 2. The van der Waals surface area contributed by atoms with Gasteiger partial charge >= 0.3 is 0 Å². The summed E-state index contributed by atoms with van der Waals surface area (Å²) in [5.74, 6) is 0.497. The van der Waals surface area contributed by atoms with Crippen LogP contribution in [0.4, 0.5) is 0 Å². The third-order valence-corrected chi connectivity index (χ3v) is 5.13. The van der Waals surface area contributed by atoms with E-state index in [0.29, 0.717) is 5.92 Å². The molecule has 2 heteroatoms. The molecule has 0 saturated heterocycles. The average Bonchev–Trinajstić information content (AvgIpc) is 2.93. The fourth-order valence-corrected chi connectivity index (χ4v) is 4.09. The first kappa shape index (κ1) is 12.1. The fourth-order valence-electron chi connectivity index (χ4n) is 3.26. The van der Waals surface area contributed by atoms with E-state index in [2.05, 4.69) is 65.9 Å². The molecule has 0 spiro atoms. The van der Waals surface area contributed by atoms with Gasteiger partial charge in [-0.3, -0.25) is 0 Å². The number of fused-ring (bicyclic) bond motifs is 2. The van der Waals surface area contributed by atoms with Crippen LogP contribution in [0.3, 0.4) is 0 Å². The smallest absolute Gasteiger partial charge is 0.0345 e. The van der Waals surface area contributed by atoms with E-state index in [4.69, 9.17) is 0 Å². The summed E-state index contributed by atoms with van der Waals surface area (Å²) >= 11 is 1.83. The summed E-state index contributed by atoms with van der Waals surface area (Å²) in [5, 5.41) is 3.53. The Kier molecular flexibility index (Phi) is 2.86. The molecule has 1 aliphatic rings. The van der Waals surface area contributed by atoms with Crippen LogP contribution in [0.15, 0.2) is 53.9 Å². The van der Waals surface area contributed by atoms with Crippen LogP contribution >= 0.6 is 11.3 Å². The van der Waals surface area contributed by atoms with E-state index < -0.39 is 0 Å². The van der Waals surface area contributed by atoms with Crippen molar-refractivity contribution in [3.63, 3.8) is 0 Å². The normalized spacial score (nSPS) is 19.1. The van der Waals surface area contributed by atoms with Crippen molar-refractivity contribution < 1.29 is 0 Å². The number of rotatable bonds is 1. The van der Waals surface area contributed by atoms with E-state index in [1.165, 1.54) is 26.8 Å². The molecule has 0 radical (unpaired) electrons. The van der Waals surface area contributed by atoms with Crippen LogP contribution in [-0.2, 0) is 6.54 Å². The maximum atomic E-state index is 2.42. The second-order valence-corrected chi connectivity index (χ2v) is 6.61. The molecule has 2 aromatic carbocycles. The van der Waals surface area contributed by atoms with Gasteiger partial charge in [-0.15, -0.1) is 11.3 Å². The van der Waals surface area contributed by atoms with Gasteiger partial charge in [-0.1, -0.05) is 36.4 Å². The lowest BCUT2D eigenvalue weighted by molar-refractivity contribution is 0.295. The molecule has 0 amide bonds. The van der Waals surface area contributed by atoms with Crippen molar-refractivity contribution >= 4 is 21.4 Å². The Morgan fingerprint density at radius 2 is 2.00 bits per heavy atom. The minimum absolute atomic E-state index is 0.497. The zero-order valence-corrected chi connectivity index (χ0v) is 12.4. The lowest BCUT2D eigenvalue weighted by atomic mass is 9.85. The van der Waals surface area contributed by atoms with E-state index in [9.17, 15) is 0 Å². The molecule has 0 bridgehead atoms. The van der Waals surface area contributed by atoms with Crippen LogP contribution in [-0.4, -0.2) is 18.5 Å². The molecule has 100 valence electrons. The Morgan fingerprint density at radius 3 is 2.95 bits per heavy atom. The van der Waals surface area contributed by atoms with Crippen LogP contribution in [0.5, 0.6) is 0 Å². The summed E-state index contributed by atoms with van der Waals surface area (Å²) in [4.78, 5) is 2.42. The summed E-state index contributed by atoms with van der Waals surface area (Å²) < 4.78 is 1.40. The molecule has 2 heterocycles. The van der Waals surface area contributed by atoms with Crippen molar-refractivity contribution in [2.45, 2.75) is 12.5 Å². The molecule has 4 rings (SSSR count). The largest absolute Gasteiger partial charge is 0.301 e. The number of nitrogens with zero attached hydrogens (tertiary/aromatic N) is 1. The molecule has 1 aliphatic heterocycles. The molecule has 0 fully saturated rings. The Balaban J connectivity index is 1.84. The van der Waals surface area contributed by atoms with Crippen molar-refractivity contribution in [1.82, 2.24) is 4.90 Å². The van der Waals surface area contributed by atoms with Crippen LogP contribution in [0.25, 0.3) is 10.1 Å². The highest BCUT2D eigenvalue weighted by Crippen LogP contribution is 2.34. The molecule has 1 unspecified atom stereocenters. The van der Waals surface area contributed by atoms with Gasteiger partial charge in [0.15, 0.2) is 0 Å². The number of likely N-dealkylation sites (N-methyl/N-ethyl adjacent to an activating group) is 1. The first-order chi connectivity index (χ1) is 9.81. The molecular formula is C18H17NS. The summed E-state index contributed by atoms with van der Waals surface area (Å²) in [6, 6.07) is 18.0. The first-order valence-electron chi connectivity index (χ1n) is 7.05. The van der Waals surface area contributed by atoms with Crippen molar-refractivity contribution in [3.05, 3.63) is 70.6 Å². The highest BCUT2D eigenvalue weighted by molar-refractivity contribution is 7.17. The van der Waals surface area contributed by atoms with Crippen LogP contribution in [0, 0.1) is 0 Å². The molecule has 20 heavy (non-hydrogen) atoms. The molecule has 0 saturated carbocycles. The maximum Gasteiger partial charge on any atom is 0.0345 e. The second-order valence-electron chi connectivity index (χ2n) is 5.67. The Labute approximate surface area is 123 Å². The molecule has 1 aromatic heterocycles. The third kappa shape index (κ3) is 1.96. The number of hydrogen-bond acceptors (Lipinski definition) is 2. The van der Waals surface area contributed by atoms with E-state index in [0.717, 1.165) is 13.1 Å². The highest BCUT2D eigenvalue weighted by atomic mass is 32.1. The van der Waals surface area contributed by atoms with Crippen molar-refractivity contribution in [1.29, 1.82) is 0 Å². The van der Waals surface area contributed by atoms with Gasteiger partial charge in [0.05, 0.1) is 0 Å². The van der Waals surface area contributed by atoms with E-state index in [1.807, 2.05) is 11.3 Å². The van der Waals surface area contributed by atoms with Gasteiger partial charge in [0.1, 0.15) is 0 Å². The van der Waals surface area contributed by atoms with Crippen LogP contribution in [0.1, 0.15) is 22.6 Å². The summed E-state index contributed by atoms with van der Waals surface area (Å²) in [6.07, 6.45) is 0. The minimum atomic E-state index is 0.497. The lowest BCUT2D eigenvalue weighted by Gasteiger charge is -2.32. The van der Waals surface area contributed by atoms with Crippen molar-refractivity contribution in [3.8, 4) is 0 Å². The number of thiophene rings is 1. The Morgan fingerprint density at radius 1 is 1.10 bits per heavy atom. The maximum absolute atomic E-state index is 2.42. The predicted octanol–water partition coefficient (Wildman–Crippen LogP) is 4.48. The molecule has 0 aliphatic carbocycles. The SMILES string of the molecule is CN1Cc2ccccc2C(c2ccc3ccsc3c2)C1. The van der Waals surface area contributed by atoms with Gasteiger partial charge in [-0.05, 0) is 46.6 Å². The predicted molar refractivity (Wildman–Crippen MR) is 86.4 cm³/mol.